The molecule has 2 N–H and O–H groups in total. The minimum absolute atomic E-state index is 0.224. The summed E-state index contributed by atoms with van der Waals surface area (Å²) < 4.78 is 0. The molecule has 0 saturated heterocycles. The summed E-state index contributed by atoms with van der Waals surface area (Å²) in [7, 11) is 0. The molecule has 5 heteroatoms. The lowest BCUT2D eigenvalue weighted by Gasteiger charge is -2.37. The summed E-state index contributed by atoms with van der Waals surface area (Å²) >= 11 is 1.68. The van der Waals surface area contributed by atoms with Crippen LogP contribution in [0, 0.1) is 19.3 Å². The molecule has 2 aromatic rings. The molecule has 4 nitrogen and oxygen atoms in total. The van der Waals surface area contributed by atoms with Gasteiger partial charge in [0, 0.05) is 13.2 Å². The highest BCUT2D eigenvalue weighted by molar-refractivity contribution is 7.17. The largest absolute Gasteiger partial charge is 0.396 e. The molecule has 0 bridgehead atoms. The first-order valence-electron chi connectivity index (χ1n) is 8.21. The van der Waals surface area contributed by atoms with Gasteiger partial charge in [-0.05, 0) is 49.5 Å². The van der Waals surface area contributed by atoms with Crippen LogP contribution in [0.1, 0.15) is 49.9 Å². The van der Waals surface area contributed by atoms with Gasteiger partial charge in [0.1, 0.15) is 16.5 Å². The van der Waals surface area contributed by atoms with Crippen LogP contribution in [0.4, 0.5) is 5.82 Å². The van der Waals surface area contributed by atoms with Gasteiger partial charge in [0.15, 0.2) is 0 Å². The molecule has 1 aliphatic carbocycles. The van der Waals surface area contributed by atoms with Crippen LogP contribution in [-0.4, -0.2) is 28.2 Å². The van der Waals surface area contributed by atoms with E-state index in [1.807, 2.05) is 6.92 Å². The van der Waals surface area contributed by atoms with Crippen molar-refractivity contribution in [3.63, 3.8) is 0 Å². The second-order valence-electron chi connectivity index (χ2n) is 6.61. The van der Waals surface area contributed by atoms with Crippen molar-refractivity contribution in [1.29, 1.82) is 0 Å². The molecule has 3 rings (SSSR count). The fraction of sp³-hybridized carbons (Fsp3) is 0.647. The number of aromatic nitrogens is 2. The predicted molar refractivity (Wildman–Crippen MR) is 92.6 cm³/mol. The lowest BCUT2D eigenvalue weighted by molar-refractivity contribution is 0.141. The monoisotopic (exact) mass is 319 g/mol. The van der Waals surface area contributed by atoms with Crippen molar-refractivity contribution < 1.29 is 5.11 Å². The van der Waals surface area contributed by atoms with Crippen molar-refractivity contribution in [2.45, 2.75) is 52.4 Å². The zero-order valence-corrected chi connectivity index (χ0v) is 14.3. The van der Waals surface area contributed by atoms with Gasteiger partial charge < -0.3 is 10.4 Å². The standard InChI is InChI=1S/C17H25N3OS/c1-12-10-22-16-14(12)15(19-13(2)20-16)18-11-17(8-9-21)6-4-3-5-7-17/h10,21H,3-9,11H2,1-2H3,(H,18,19,20). The topological polar surface area (TPSA) is 58.0 Å². The van der Waals surface area contributed by atoms with E-state index in [1.54, 1.807) is 11.3 Å². The lowest BCUT2D eigenvalue weighted by atomic mass is 9.72. The van der Waals surface area contributed by atoms with Crippen LogP contribution in [0.2, 0.25) is 0 Å². The average Bonchev–Trinajstić information content (AvgIpc) is 2.87. The number of hydrogen-bond acceptors (Lipinski definition) is 5. The Bertz CT molecular complexity index is 641. The number of hydrogen-bond donors (Lipinski definition) is 2. The fourth-order valence-electron chi connectivity index (χ4n) is 3.64. The Hall–Kier alpha value is -1.20. The molecule has 0 aromatic carbocycles. The number of aliphatic hydroxyl groups is 1. The zero-order chi connectivity index (χ0) is 15.6. The first kappa shape index (κ1) is 15.7. The van der Waals surface area contributed by atoms with Crippen LogP contribution < -0.4 is 5.32 Å². The van der Waals surface area contributed by atoms with E-state index in [2.05, 4.69) is 27.6 Å². The van der Waals surface area contributed by atoms with Gasteiger partial charge in [0.2, 0.25) is 0 Å². The summed E-state index contributed by atoms with van der Waals surface area (Å²) in [5.41, 5.74) is 1.46. The third-order valence-corrected chi connectivity index (χ3v) is 5.91. The maximum absolute atomic E-state index is 9.46. The minimum Gasteiger partial charge on any atom is -0.396 e. The predicted octanol–water partition coefficient (Wildman–Crippen LogP) is 4.05. The second-order valence-corrected chi connectivity index (χ2v) is 7.46. The second kappa shape index (κ2) is 6.50. The number of fused-ring (bicyclic) bond motifs is 1. The first-order chi connectivity index (χ1) is 10.6. The molecule has 0 spiro atoms. The fourth-order valence-corrected chi connectivity index (χ4v) is 4.61. The van der Waals surface area contributed by atoms with E-state index in [0.717, 1.165) is 34.8 Å². The summed E-state index contributed by atoms with van der Waals surface area (Å²) in [6.45, 7) is 5.24. The highest BCUT2D eigenvalue weighted by Crippen LogP contribution is 2.40. The van der Waals surface area contributed by atoms with Crippen molar-refractivity contribution >= 4 is 27.4 Å². The van der Waals surface area contributed by atoms with Gasteiger partial charge in [-0.2, -0.15) is 0 Å². The van der Waals surface area contributed by atoms with Crippen molar-refractivity contribution in [2.24, 2.45) is 5.41 Å². The Morgan fingerprint density at radius 1 is 1.23 bits per heavy atom. The summed E-state index contributed by atoms with van der Waals surface area (Å²) in [6, 6.07) is 0. The number of rotatable bonds is 5. The molecule has 1 fully saturated rings. The van der Waals surface area contributed by atoms with Crippen LogP contribution in [0.5, 0.6) is 0 Å². The van der Waals surface area contributed by atoms with Gasteiger partial charge in [-0.1, -0.05) is 19.3 Å². The van der Waals surface area contributed by atoms with Crippen molar-refractivity contribution in [1.82, 2.24) is 9.97 Å². The Morgan fingerprint density at radius 2 is 2.00 bits per heavy atom. The summed E-state index contributed by atoms with van der Waals surface area (Å²) in [5.74, 6) is 1.78. The summed E-state index contributed by atoms with van der Waals surface area (Å²) in [4.78, 5) is 10.2. The molecule has 2 heterocycles. The first-order valence-corrected chi connectivity index (χ1v) is 9.09. The van der Waals surface area contributed by atoms with Crippen molar-refractivity contribution in [2.75, 3.05) is 18.5 Å². The molecule has 0 aliphatic heterocycles. The quantitative estimate of drug-likeness (QED) is 0.873. The molecule has 0 amide bonds. The Morgan fingerprint density at radius 3 is 2.73 bits per heavy atom. The van der Waals surface area contributed by atoms with E-state index in [-0.39, 0.29) is 12.0 Å². The average molecular weight is 319 g/mol. The lowest BCUT2D eigenvalue weighted by Crippen LogP contribution is -2.33. The number of aryl methyl sites for hydroxylation is 2. The van der Waals surface area contributed by atoms with Gasteiger partial charge in [0.25, 0.3) is 0 Å². The van der Waals surface area contributed by atoms with E-state index in [1.165, 1.54) is 37.7 Å². The van der Waals surface area contributed by atoms with Crippen LogP contribution in [0.3, 0.4) is 0 Å². The van der Waals surface area contributed by atoms with Crippen LogP contribution in [0.25, 0.3) is 10.2 Å². The van der Waals surface area contributed by atoms with E-state index in [9.17, 15) is 5.11 Å². The van der Waals surface area contributed by atoms with E-state index in [4.69, 9.17) is 0 Å². The van der Waals surface area contributed by atoms with E-state index in [0.29, 0.717) is 0 Å². The van der Waals surface area contributed by atoms with Crippen molar-refractivity contribution in [3.05, 3.63) is 16.8 Å². The SMILES string of the molecule is Cc1nc(NCC2(CCO)CCCCC2)c2c(C)csc2n1. The van der Waals surface area contributed by atoms with E-state index >= 15 is 0 Å². The van der Waals surface area contributed by atoms with Crippen LogP contribution in [0.15, 0.2) is 5.38 Å². The Balaban J connectivity index is 1.84. The summed E-state index contributed by atoms with van der Waals surface area (Å²) in [6.07, 6.45) is 7.17. The number of aliphatic hydroxyl groups excluding tert-OH is 1. The molecule has 22 heavy (non-hydrogen) atoms. The number of thiophene rings is 1. The maximum atomic E-state index is 9.46. The molecule has 2 aromatic heterocycles. The van der Waals surface area contributed by atoms with Gasteiger partial charge in [0.05, 0.1) is 5.39 Å². The third kappa shape index (κ3) is 3.10. The van der Waals surface area contributed by atoms with E-state index < -0.39 is 0 Å². The van der Waals surface area contributed by atoms with Gasteiger partial charge in [-0.3, -0.25) is 0 Å². The Labute approximate surface area is 136 Å². The normalized spacial score (nSPS) is 17.8. The van der Waals surface area contributed by atoms with Gasteiger partial charge >= 0.3 is 0 Å². The number of anilines is 1. The molecule has 0 atom stereocenters. The molecular formula is C17H25N3OS. The minimum atomic E-state index is 0.224. The van der Waals surface area contributed by atoms with Crippen LogP contribution >= 0.6 is 11.3 Å². The number of nitrogens with zero attached hydrogens (tertiary/aromatic N) is 2. The highest BCUT2D eigenvalue weighted by Gasteiger charge is 2.31. The molecular weight excluding hydrogens is 294 g/mol. The smallest absolute Gasteiger partial charge is 0.138 e. The molecule has 1 saturated carbocycles. The molecule has 1 aliphatic rings. The summed E-state index contributed by atoms with van der Waals surface area (Å²) in [5, 5.41) is 16.4. The Kier molecular flexibility index (Phi) is 4.64. The third-order valence-electron chi connectivity index (χ3n) is 4.92. The molecule has 0 unspecified atom stereocenters. The van der Waals surface area contributed by atoms with Gasteiger partial charge in [-0.15, -0.1) is 11.3 Å². The van der Waals surface area contributed by atoms with Crippen LogP contribution in [-0.2, 0) is 0 Å². The number of nitrogens with one attached hydrogen (secondary N) is 1. The zero-order valence-electron chi connectivity index (χ0n) is 13.5. The highest BCUT2D eigenvalue weighted by atomic mass is 32.1. The molecule has 120 valence electrons. The van der Waals surface area contributed by atoms with Crippen molar-refractivity contribution in [3.8, 4) is 0 Å². The maximum Gasteiger partial charge on any atom is 0.138 e. The molecule has 0 radical (unpaired) electrons. The van der Waals surface area contributed by atoms with Gasteiger partial charge in [-0.25, -0.2) is 9.97 Å².